The molecule has 5 heteroatoms. The maximum atomic E-state index is 12.1. The van der Waals surface area contributed by atoms with Gasteiger partial charge >= 0.3 is 6.09 Å². The molecule has 2 atom stereocenters. The highest BCUT2D eigenvalue weighted by molar-refractivity contribution is 5.68. The molecule has 21 heavy (non-hydrogen) atoms. The van der Waals surface area contributed by atoms with Gasteiger partial charge < -0.3 is 14.2 Å². The van der Waals surface area contributed by atoms with Gasteiger partial charge in [-0.25, -0.2) is 9.78 Å². The van der Waals surface area contributed by atoms with Gasteiger partial charge in [0.05, 0.1) is 6.33 Å². The first-order chi connectivity index (χ1) is 9.81. The van der Waals surface area contributed by atoms with E-state index in [-0.39, 0.29) is 12.1 Å². The van der Waals surface area contributed by atoms with E-state index in [0.29, 0.717) is 12.5 Å². The van der Waals surface area contributed by atoms with E-state index in [0.717, 1.165) is 18.7 Å². The van der Waals surface area contributed by atoms with Gasteiger partial charge in [-0.3, -0.25) is 0 Å². The molecule has 1 aromatic rings. The molecule has 1 fully saturated rings. The zero-order valence-electron chi connectivity index (χ0n) is 13.4. The van der Waals surface area contributed by atoms with Crippen molar-refractivity contribution in [2.24, 2.45) is 0 Å². The maximum Gasteiger partial charge on any atom is 0.410 e. The van der Waals surface area contributed by atoms with Crippen LogP contribution in [0.15, 0.2) is 25.2 Å². The summed E-state index contributed by atoms with van der Waals surface area (Å²) in [6.07, 6.45) is 6.33. The molecule has 0 spiro atoms. The van der Waals surface area contributed by atoms with Crippen LogP contribution in [0.3, 0.4) is 0 Å². The highest BCUT2D eigenvalue weighted by Crippen LogP contribution is 2.29. The van der Waals surface area contributed by atoms with Crippen LogP contribution in [0.25, 0.3) is 0 Å². The number of aromatic nitrogens is 2. The first kappa shape index (κ1) is 15.6. The fourth-order valence-electron chi connectivity index (χ4n) is 2.58. The summed E-state index contributed by atoms with van der Waals surface area (Å²) in [4.78, 5) is 18.1. The second-order valence-corrected chi connectivity index (χ2v) is 6.61. The van der Waals surface area contributed by atoms with Gasteiger partial charge in [-0.05, 0) is 34.1 Å². The summed E-state index contributed by atoms with van der Waals surface area (Å²) in [7, 11) is 0. The van der Waals surface area contributed by atoms with Crippen LogP contribution in [0.2, 0.25) is 0 Å². The van der Waals surface area contributed by atoms with Gasteiger partial charge in [-0.1, -0.05) is 6.08 Å². The van der Waals surface area contributed by atoms with Crippen molar-refractivity contribution in [3.63, 3.8) is 0 Å². The molecule has 2 heterocycles. The zero-order valence-corrected chi connectivity index (χ0v) is 13.4. The largest absolute Gasteiger partial charge is 0.444 e. The van der Waals surface area contributed by atoms with Crippen LogP contribution in [0.5, 0.6) is 0 Å². The van der Waals surface area contributed by atoms with Gasteiger partial charge in [-0.2, -0.15) is 0 Å². The van der Waals surface area contributed by atoms with Crippen molar-refractivity contribution in [2.75, 3.05) is 13.1 Å². The number of hydrogen-bond acceptors (Lipinski definition) is 3. The molecule has 2 unspecified atom stereocenters. The lowest BCUT2D eigenvalue weighted by atomic mass is 10.1. The number of likely N-dealkylation sites (tertiary alicyclic amines) is 1. The normalized spacial score (nSPS) is 20.4. The Morgan fingerprint density at radius 3 is 2.90 bits per heavy atom. The van der Waals surface area contributed by atoms with Crippen molar-refractivity contribution in [1.29, 1.82) is 0 Å². The molecular formula is C16H25N3O2. The van der Waals surface area contributed by atoms with Gasteiger partial charge in [-0.15, -0.1) is 6.58 Å². The van der Waals surface area contributed by atoms with Crippen molar-refractivity contribution in [1.82, 2.24) is 14.5 Å². The Morgan fingerprint density at radius 1 is 1.57 bits per heavy atom. The SMILES string of the molecule is C=CC(C)n1cncc1C1CCN(C(=O)OC(C)(C)C)C1. The Hall–Kier alpha value is -1.78. The van der Waals surface area contributed by atoms with Crippen molar-refractivity contribution in [2.45, 2.75) is 51.7 Å². The fraction of sp³-hybridized carbons (Fsp3) is 0.625. The summed E-state index contributed by atoms with van der Waals surface area (Å²) in [5, 5.41) is 0. The van der Waals surface area contributed by atoms with Crippen LogP contribution in [-0.2, 0) is 4.74 Å². The van der Waals surface area contributed by atoms with Crippen molar-refractivity contribution in [3.8, 4) is 0 Å². The number of hydrogen-bond donors (Lipinski definition) is 0. The molecule has 0 aromatic carbocycles. The van der Waals surface area contributed by atoms with Crippen LogP contribution in [0.4, 0.5) is 4.79 Å². The number of carbonyl (C=O) groups is 1. The maximum absolute atomic E-state index is 12.1. The molecule has 0 aliphatic carbocycles. The lowest BCUT2D eigenvalue weighted by molar-refractivity contribution is 0.0292. The van der Waals surface area contributed by atoms with E-state index in [4.69, 9.17) is 4.74 Å². The molecule has 1 aromatic heterocycles. The van der Waals surface area contributed by atoms with Gasteiger partial charge in [0.1, 0.15) is 5.60 Å². The van der Waals surface area contributed by atoms with Gasteiger partial charge in [0.25, 0.3) is 0 Å². The summed E-state index contributed by atoms with van der Waals surface area (Å²) in [6, 6.07) is 0.207. The van der Waals surface area contributed by atoms with Crippen LogP contribution in [-0.4, -0.2) is 39.2 Å². The molecule has 0 radical (unpaired) electrons. The molecule has 0 bridgehead atoms. The van der Waals surface area contributed by atoms with Crippen molar-refractivity contribution < 1.29 is 9.53 Å². The quantitative estimate of drug-likeness (QED) is 0.802. The lowest BCUT2D eigenvalue weighted by Gasteiger charge is -2.24. The second-order valence-electron chi connectivity index (χ2n) is 6.61. The molecule has 116 valence electrons. The molecule has 1 aliphatic rings. The van der Waals surface area contributed by atoms with Crippen LogP contribution in [0.1, 0.15) is 51.8 Å². The first-order valence-corrected chi connectivity index (χ1v) is 7.44. The predicted molar refractivity (Wildman–Crippen MR) is 82.3 cm³/mol. The summed E-state index contributed by atoms with van der Waals surface area (Å²) in [6.45, 7) is 13.0. The van der Waals surface area contributed by atoms with E-state index in [2.05, 4.69) is 23.1 Å². The molecule has 1 aliphatic heterocycles. The first-order valence-electron chi connectivity index (χ1n) is 7.44. The molecule has 0 N–H and O–H groups in total. The topological polar surface area (TPSA) is 47.4 Å². The van der Waals surface area contributed by atoms with Crippen LogP contribution >= 0.6 is 0 Å². The Labute approximate surface area is 126 Å². The average molecular weight is 291 g/mol. The predicted octanol–water partition coefficient (Wildman–Crippen LogP) is 3.35. The van der Waals surface area contributed by atoms with E-state index in [1.54, 1.807) is 4.90 Å². The Kier molecular flexibility index (Phi) is 4.40. The minimum Gasteiger partial charge on any atom is -0.444 e. The van der Waals surface area contributed by atoms with Crippen molar-refractivity contribution >= 4 is 6.09 Å². The summed E-state index contributed by atoms with van der Waals surface area (Å²) in [5.74, 6) is 0.308. The third-order valence-corrected chi connectivity index (χ3v) is 3.73. The molecule has 1 amide bonds. The van der Waals surface area contributed by atoms with Gasteiger partial charge in [0, 0.05) is 36.9 Å². The summed E-state index contributed by atoms with van der Waals surface area (Å²) in [5.41, 5.74) is 0.711. The minimum absolute atomic E-state index is 0.207. The number of rotatable bonds is 3. The Balaban J connectivity index is 2.04. The summed E-state index contributed by atoms with van der Waals surface area (Å²) < 4.78 is 7.56. The van der Waals surface area contributed by atoms with E-state index in [9.17, 15) is 4.79 Å². The lowest BCUT2D eigenvalue weighted by Crippen LogP contribution is -2.35. The molecule has 2 rings (SSSR count). The van der Waals surface area contributed by atoms with Gasteiger partial charge in [0.2, 0.25) is 0 Å². The number of amides is 1. The van der Waals surface area contributed by atoms with E-state index in [1.807, 2.05) is 39.4 Å². The number of ether oxygens (including phenoxy) is 1. The monoisotopic (exact) mass is 291 g/mol. The third kappa shape index (κ3) is 3.65. The molecule has 0 saturated carbocycles. The Bertz CT molecular complexity index is 516. The molecule has 1 saturated heterocycles. The minimum atomic E-state index is -0.450. The standard InChI is InChI=1S/C16H25N3O2/c1-6-12(2)19-11-17-9-14(19)13-7-8-18(10-13)15(20)21-16(3,4)5/h6,9,11-13H,1,7-8,10H2,2-5H3. The molecular weight excluding hydrogens is 266 g/mol. The molecule has 5 nitrogen and oxygen atoms in total. The van der Waals surface area contributed by atoms with E-state index in [1.165, 1.54) is 0 Å². The van der Waals surface area contributed by atoms with E-state index < -0.39 is 5.60 Å². The second kappa shape index (κ2) is 5.92. The fourth-order valence-corrected chi connectivity index (χ4v) is 2.58. The Morgan fingerprint density at radius 2 is 2.29 bits per heavy atom. The number of carbonyl (C=O) groups excluding carboxylic acids is 1. The number of imidazole rings is 1. The number of allylic oxidation sites excluding steroid dienone is 1. The highest BCUT2D eigenvalue weighted by Gasteiger charge is 2.32. The highest BCUT2D eigenvalue weighted by atomic mass is 16.6. The van der Waals surface area contributed by atoms with Gasteiger partial charge in [0.15, 0.2) is 0 Å². The number of nitrogens with zero attached hydrogens (tertiary/aromatic N) is 3. The van der Waals surface area contributed by atoms with Crippen LogP contribution in [0, 0.1) is 0 Å². The average Bonchev–Trinajstić information content (AvgIpc) is 3.03. The third-order valence-electron chi connectivity index (χ3n) is 3.73. The zero-order chi connectivity index (χ0) is 15.6. The smallest absolute Gasteiger partial charge is 0.410 e. The summed E-state index contributed by atoms with van der Waals surface area (Å²) >= 11 is 0. The van der Waals surface area contributed by atoms with E-state index >= 15 is 0 Å². The van der Waals surface area contributed by atoms with Crippen LogP contribution < -0.4 is 0 Å². The van der Waals surface area contributed by atoms with Crippen molar-refractivity contribution in [3.05, 3.63) is 30.9 Å².